The number of aromatic nitrogens is 4. The van der Waals surface area contributed by atoms with Gasteiger partial charge in [0.05, 0.1) is 5.69 Å². The van der Waals surface area contributed by atoms with Crippen molar-refractivity contribution in [3.05, 3.63) is 66.2 Å². The fourth-order valence-electron chi connectivity index (χ4n) is 1.85. The number of rotatable bonds is 4. The first-order chi connectivity index (χ1) is 10.3. The van der Waals surface area contributed by atoms with Crippen LogP contribution in [-0.2, 0) is 5.75 Å². The first kappa shape index (κ1) is 13.7. The topological polar surface area (TPSA) is 51.6 Å². The summed E-state index contributed by atoms with van der Waals surface area (Å²) in [5.41, 5.74) is 2.77. The van der Waals surface area contributed by atoms with E-state index >= 15 is 0 Å². The highest BCUT2D eigenvalue weighted by molar-refractivity contribution is 7.98. The first-order valence-corrected chi connectivity index (χ1v) is 7.59. The number of hydrogen-bond acceptors (Lipinski definition) is 5. The van der Waals surface area contributed by atoms with Crippen LogP contribution in [0.4, 0.5) is 0 Å². The number of nitrogens with zero attached hydrogens (tertiary/aromatic N) is 4. The second-order valence-corrected chi connectivity index (χ2v) is 5.49. The van der Waals surface area contributed by atoms with Crippen molar-refractivity contribution in [3.63, 3.8) is 0 Å². The van der Waals surface area contributed by atoms with E-state index in [0.717, 1.165) is 27.9 Å². The maximum Gasteiger partial charge on any atom is 0.179 e. The standard InChI is InChI=1S/C16H14N4S/c1-12-10-15(21-11-13-6-2-4-8-17-13)20-16(19-12)14-7-3-5-9-18-14/h2-10H,11H2,1H3. The van der Waals surface area contributed by atoms with E-state index in [2.05, 4.69) is 19.9 Å². The molecule has 0 atom stereocenters. The normalized spacial score (nSPS) is 10.5. The average Bonchev–Trinajstić information content (AvgIpc) is 2.54. The van der Waals surface area contributed by atoms with Crippen molar-refractivity contribution < 1.29 is 0 Å². The lowest BCUT2D eigenvalue weighted by atomic mass is 10.3. The van der Waals surface area contributed by atoms with E-state index in [-0.39, 0.29) is 0 Å². The fraction of sp³-hybridized carbons (Fsp3) is 0.125. The van der Waals surface area contributed by atoms with Crippen LogP contribution < -0.4 is 0 Å². The third-order valence-electron chi connectivity index (χ3n) is 2.82. The van der Waals surface area contributed by atoms with Gasteiger partial charge < -0.3 is 0 Å². The summed E-state index contributed by atoms with van der Waals surface area (Å²) < 4.78 is 0. The van der Waals surface area contributed by atoms with Gasteiger partial charge in [-0.3, -0.25) is 9.97 Å². The minimum atomic E-state index is 0.666. The molecule has 0 aliphatic carbocycles. The van der Waals surface area contributed by atoms with E-state index in [4.69, 9.17) is 0 Å². The molecule has 3 rings (SSSR count). The molecule has 3 aromatic rings. The number of hydrogen-bond donors (Lipinski definition) is 0. The lowest BCUT2D eigenvalue weighted by molar-refractivity contribution is 1.00. The highest BCUT2D eigenvalue weighted by Crippen LogP contribution is 2.23. The van der Waals surface area contributed by atoms with Gasteiger partial charge in [0, 0.05) is 23.8 Å². The third kappa shape index (κ3) is 3.64. The van der Waals surface area contributed by atoms with Crippen LogP contribution in [0.15, 0.2) is 59.9 Å². The van der Waals surface area contributed by atoms with E-state index < -0.39 is 0 Å². The molecule has 0 saturated heterocycles. The molecule has 0 unspecified atom stereocenters. The largest absolute Gasteiger partial charge is 0.260 e. The Balaban J connectivity index is 1.82. The van der Waals surface area contributed by atoms with Gasteiger partial charge in [-0.2, -0.15) is 0 Å². The Bertz CT molecular complexity index is 717. The van der Waals surface area contributed by atoms with Crippen LogP contribution in [-0.4, -0.2) is 19.9 Å². The molecule has 5 heteroatoms. The third-order valence-corrected chi connectivity index (χ3v) is 3.76. The molecule has 0 saturated carbocycles. The molecule has 0 bridgehead atoms. The summed E-state index contributed by atoms with van der Waals surface area (Å²) in [5.74, 6) is 1.46. The maximum absolute atomic E-state index is 4.58. The van der Waals surface area contributed by atoms with E-state index in [1.807, 2.05) is 49.4 Å². The van der Waals surface area contributed by atoms with Crippen LogP contribution in [0.25, 0.3) is 11.5 Å². The van der Waals surface area contributed by atoms with Gasteiger partial charge >= 0.3 is 0 Å². The Hall–Kier alpha value is -2.27. The van der Waals surface area contributed by atoms with Crippen molar-refractivity contribution in [2.45, 2.75) is 17.7 Å². The molecular weight excluding hydrogens is 280 g/mol. The molecule has 3 aromatic heterocycles. The van der Waals surface area contributed by atoms with Crippen molar-refractivity contribution in [3.8, 4) is 11.5 Å². The molecule has 0 N–H and O–H groups in total. The van der Waals surface area contributed by atoms with Crippen LogP contribution in [0.5, 0.6) is 0 Å². The van der Waals surface area contributed by atoms with Crippen molar-refractivity contribution in [1.29, 1.82) is 0 Å². The molecule has 0 amide bonds. The molecule has 0 aromatic carbocycles. The summed E-state index contributed by atoms with van der Waals surface area (Å²) in [6.07, 6.45) is 3.56. The summed E-state index contributed by atoms with van der Waals surface area (Å²) in [5, 5.41) is 0.939. The van der Waals surface area contributed by atoms with Gasteiger partial charge in [-0.05, 0) is 37.3 Å². The zero-order valence-corrected chi connectivity index (χ0v) is 12.4. The number of pyridine rings is 2. The van der Waals surface area contributed by atoms with E-state index in [1.54, 1.807) is 24.2 Å². The summed E-state index contributed by atoms with van der Waals surface area (Å²) >= 11 is 1.66. The predicted molar refractivity (Wildman–Crippen MR) is 83.8 cm³/mol. The van der Waals surface area contributed by atoms with Gasteiger partial charge in [-0.1, -0.05) is 23.9 Å². The van der Waals surface area contributed by atoms with Gasteiger partial charge in [0.15, 0.2) is 5.82 Å². The molecule has 21 heavy (non-hydrogen) atoms. The van der Waals surface area contributed by atoms with E-state index in [9.17, 15) is 0 Å². The Morgan fingerprint density at radius 2 is 1.76 bits per heavy atom. The molecule has 0 radical (unpaired) electrons. The van der Waals surface area contributed by atoms with Gasteiger partial charge in [-0.15, -0.1) is 0 Å². The lowest BCUT2D eigenvalue weighted by Crippen LogP contribution is -1.96. The van der Waals surface area contributed by atoms with Crippen molar-refractivity contribution in [2.75, 3.05) is 0 Å². The van der Waals surface area contributed by atoms with Gasteiger partial charge in [0.1, 0.15) is 10.7 Å². The quantitative estimate of drug-likeness (QED) is 0.544. The summed E-state index contributed by atoms with van der Waals surface area (Å²) in [6, 6.07) is 13.7. The van der Waals surface area contributed by atoms with Gasteiger partial charge in [0.2, 0.25) is 0 Å². The van der Waals surface area contributed by atoms with Crippen LogP contribution in [0, 0.1) is 6.92 Å². The van der Waals surface area contributed by atoms with Gasteiger partial charge in [-0.25, -0.2) is 9.97 Å². The van der Waals surface area contributed by atoms with E-state index in [1.165, 1.54) is 0 Å². The van der Waals surface area contributed by atoms with E-state index in [0.29, 0.717) is 5.82 Å². The minimum Gasteiger partial charge on any atom is -0.260 e. The monoisotopic (exact) mass is 294 g/mol. The first-order valence-electron chi connectivity index (χ1n) is 6.61. The lowest BCUT2D eigenvalue weighted by Gasteiger charge is -2.05. The summed E-state index contributed by atoms with van der Waals surface area (Å²) in [7, 11) is 0. The SMILES string of the molecule is Cc1cc(SCc2ccccn2)nc(-c2ccccn2)n1. The average molecular weight is 294 g/mol. The second-order valence-electron chi connectivity index (χ2n) is 4.50. The second kappa shape index (κ2) is 6.45. The van der Waals surface area contributed by atoms with Gasteiger partial charge in [0.25, 0.3) is 0 Å². The molecule has 104 valence electrons. The Kier molecular flexibility index (Phi) is 4.21. The number of aryl methyl sites for hydroxylation is 1. The molecule has 4 nitrogen and oxygen atoms in total. The van der Waals surface area contributed by atoms with Crippen LogP contribution in [0.1, 0.15) is 11.4 Å². The van der Waals surface area contributed by atoms with Crippen molar-refractivity contribution in [1.82, 2.24) is 19.9 Å². The highest BCUT2D eigenvalue weighted by atomic mass is 32.2. The molecule has 0 aliphatic heterocycles. The van der Waals surface area contributed by atoms with Crippen LogP contribution >= 0.6 is 11.8 Å². The fourth-order valence-corrected chi connectivity index (χ4v) is 2.73. The summed E-state index contributed by atoms with van der Waals surface area (Å²) in [6.45, 7) is 1.97. The molecular formula is C16H14N4S. The zero-order chi connectivity index (χ0) is 14.5. The molecule has 0 fully saturated rings. The Morgan fingerprint density at radius 1 is 0.952 bits per heavy atom. The Morgan fingerprint density at radius 3 is 2.48 bits per heavy atom. The number of thioether (sulfide) groups is 1. The summed E-state index contributed by atoms with van der Waals surface area (Å²) in [4.78, 5) is 17.7. The van der Waals surface area contributed by atoms with Crippen LogP contribution in [0.3, 0.4) is 0 Å². The predicted octanol–water partition coefficient (Wildman–Crippen LogP) is 3.53. The molecule has 0 spiro atoms. The zero-order valence-electron chi connectivity index (χ0n) is 11.6. The van der Waals surface area contributed by atoms with Crippen LogP contribution in [0.2, 0.25) is 0 Å². The highest BCUT2D eigenvalue weighted by Gasteiger charge is 2.06. The van der Waals surface area contributed by atoms with Crippen molar-refractivity contribution in [2.24, 2.45) is 0 Å². The Labute approximate surface area is 127 Å². The smallest absolute Gasteiger partial charge is 0.179 e. The maximum atomic E-state index is 4.58. The minimum absolute atomic E-state index is 0.666. The molecule has 0 aliphatic rings. The van der Waals surface area contributed by atoms with Crippen molar-refractivity contribution >= 4 is 11.8 Å². The molecule has 3 heterocycles.